The minimum absolute atomic E-state index is 0.301. The molecular weight excluding hydrogens is 745 g/mol. The van der Waals surface area contributed by atoms with E-state index in [4.69, 9.17) is 30.9 Å². The number of hydrazine groups is 1. The first kappa shape index (κ1) is 39.1. The zero-order valence-electron chi connectivity index (χ0n) is 33.7. The van der Waals surface area contributed by atoms with Gasteiger partial charge in [0.15, 0.2) is 11.6 Å². The van der Waals surface area contributed by atoms with E-state index in [0.29, 0.717) is 23.1 Å². The van der Waals surface area contributed by atoms with E-state index in [1.165, 1.54) is 0 Å². The molecule has 2 aromatic heterocycles. The van der Waals surface area contributed by atoms with Gasteiger partial charge >= 0.3 is 0 Å². The topological polar surface area (TPSA) is 129 Å². The van der Waals surface area contributed by atoms with E-state index in [-0.39, 0.29) is 12.1 Å². The number of fused-ring (bicyclic) bond motifs is 2. The van der Waals surface area contributed by atoms with Crippen molar-refractivity contribution in [3.63, 3.8) is 0 Å². The van der Waals surface area contributed by atoms with Crippen LogP contribution in [0.2, 0.25) is 0 Å². The number of aromatic nitrogens is 4. The van der Waals surface area contributed by atoms with E-state index in [1.54, 1.807) is 12.7 Å². The normalized spacial score (nSPS) is 11.8. The van der Waals surface area contributed by atoms with Gasteiger partial charge in [0.2, 0.25) is 0 Å². The van der Waals surface area contributed by atoms with Crippen LogP contribution in [0, 0.1) is 37.5 Å². The quantitative estimate of drug-likeness (QED) is 0.108. The molecule has 0 saturated carbocycles. The van der Waals surface area contributed by atoms with E-state index in [2.05, 4.69) is 45.8 Å². The summed E-state index contributed by atoms with van der Waals surface area (Å²) in [5.74, 6) is 16.7. The van der Waals surface area contributed by atoms with Crippen molar-refractivity contribution >= 4 is 44.8 Å². The van der Waals surface area contributed by atoms with Crippen LogP contribution in [-0.4, -0.2) is 32.0 Å². The van der Waals surface area contributed by atoms with Crippen molar-refractivity contribution in [1.82, 2.24) is 19.9 Å². The van der Waals surface area contributed by atoms with Crippen LogP contribution in [-0.2, 0) is 0 Å². The molecule has 2 unspecified atom stereocenters. The summed E-state index contributed by atoms with van der Waals surface area (Å²) in [5.41, 5.74) is 18.4. The Balaban J connectivity index is 1.40. The SMILES string of the molecule is Cc1cc(N(c2ncnc3ccc(C#CC(C)N)cc23)N(c2ccc(Oc3ccccc3)c(C)c2)c2ncnc3ccc(C#CC(C)N)cc23)ccc1Oc1ccccc1. The van der Waals surface area contributed by atoms with Crippen LogP contribution < -0.4 is 31.0 Å². The number of benzene rings is 6. The number of nitrogens with zero attached hydrogens (tertiary/aromatic N) is 6. The number of anilines is 4. The fourth-order valence-corrected chi connectivity index (χ4v) is 6.63. The lowest BCUT2D eigenvalue weighted by molar-refractivity contribution is 0.478. The first-order valence-corrected chi connectivity index (χ1v) is 19.5. The van der Waals surface area contributed by atoms with E-state index >= 15 is 0 Å². The van der Waals surface area contributed by atoms with Crippen molar-refractivity contribution in [2.24, 2.45) is 11.5 Å². The van der Waals surface area contributed by atoms with Crippen LogP contribution in [0.3, 0.4) is 0 Å². The zero-order valence-corrected chi connectivity index (χ0v) is 33.7. The Labute approximate surface area is 349 Å². The van der Waals surface area contributed by atoms with Gasteiger partial charge in [0.05, 0.1) is 34.5 Å². The largest absolute Gasteiger partial charge is 0.457 e. The van der Waals surface area contributed by atoms with Crippen LogP contribution in [0.15, 0.2) is 146 Å². The second-order valence-corrected chi connectivity index (χ2v) is 14.3. The molecule has 0 aliphatic heterocycles. The summed E-state index contributed by atoms with van der Waals surface area (Å²) < 4.78 is 12.7. The predicted octanol–water partition coefficient (Wildman–Crippen LogP) is 10.1. The van der Waals surface area contributed by atoms with Gasteiger partial charge in [0.25, 0.3) is 0 Å². The molecule has 8 aromatic rings. The summed E-state index contributed by atoms with van der Waals surface area (Å²) in [6.07, 6.45) is 3.13. The molecule has 8 rings (SSSR count). The Hall–Kier alpha value is -7.76. The molecule has 10 nitrogen and oxygen atoms in total. The highest BCUT2D eigenvalue weighted by Crippen LogP contribution is 2.43. The number of rotatable bonds is 9. The van der Waals surface area contributed by atoms with E-state index in [9.17, 15) is 0 Å². The van der Waals surface area contributed by atoms with Gasteiger partial charge in [-0.15, -0.1) is 0 Å². The lowest BCUT2D eigenvalue weighted by Crippen LogP contribution is -2.37. The van der Waals surface area contributed by atoms with Gasteiger partial charge in [-0.25, -0.2) is 30.0 Å². The van der Waals surface area contributed by atoms with Crippen molar-refractivity contribution in [3.8, 4) is 46.7 Å². The van der Waals surface area contributed by atoms with E-state index < -0.39 is 0 Å². The number of hydrogen-bond acceptors (Lipinski definition) is 10. The number of ether oxygens (including phenoxy) is 2. The van der Waals surface area contributed by atoms with Crippen molar-refractivity contribution in [3.05, 3.63) is 168 Å². The average molecular weight is 787 g/mol. The molecule has 6 aromatic carbocycles. The van der Waals surface area contributed by atoms with Crippen LogP contribution in [0.4, 0.5) is 23.0 Å². The molecule has 2 atom stereocenters. The average Bonchev–Trinajstić information content (AvgIpc) is 3.26. The minimum Gasteiger partial charge on any atom is -0.457 e. The molecule has 294 valence electrons. The Morgan fingerprint density at radius 2 is 0.917 bits per heavy atom. The summed E-state index contributed by atoms with van der Waals surface area (Å²) in [4.78, 5) is 19.4. The fourth-order valence-electron chi connectivity index (χ4n) is 6.63. The molecule has 0 aliphatic rings. The molecule has 60 heavy (non-hydrogen) atoms. The molecule has 2 heterocycles. The number of para-hydroxylation sites is 2. The highest BCUT2D eigenvalue weighted by Gasteiger charge is 2.28. The van der Waals surface area contributed by atoms with Crippen LogP contribution in [0.1, 0.15) is 36.1 Å². The Kier molecular flexibility index (Phi) is 11.3. The summed E-state index contributed by atoms with van der Waals surface area (Å²) in [6, 6.07) is 42.7. The van der Waals surface area contributed by atoms with Crippen LogP contribution >= 0.6 is 0 Å². The molecule has 0 spiro atoms. The molecule has 0 amide bonds. The third-order valence-electron chi connectivity index (χ3n) is 9.47. The maximum Gasteiger partial charge on any atom is 0.163 e. The Morgan fingerprint density at radius 3 is 1.30 bits per heavy atom. The molecule has 0 aliphatic carbocycles. The summed E-state index contributed by atoms with van der Waals surface area (Å²) in [7, 11) is 0. The monoisotopic (exact) mass is 786 g/mol. The third-order valence-corrected chi connectivity index (χ3v) is 9.47. The second kappa shape index (κ2) is 17.4. The van der Waals surface area contributed by atoms with Crippen LogP contribution in [0.25, 0.3) is 21.8 Å². The first-order chi connectivity index (χ1) is 29.2. The van der Waals surface area contributed by atoms with Gasteiger partial charge in [0.1, 0.15) is 35.7 Å². The molecular formula is C50H42N8O2. The van der Waals surface area contributed by atoms with Gasteiger partial charge in [-0.05, 0) is 136 Å². The minimum atomic E-state index is -0.301. The molecule has 0 bridgehead atoms. The molecule has 4 N–H and O–H groups in total. The molecule has 0 fully saturated rings. The fraction of sp³-hybridized carbons (Fsp3) is 0.120. The van der Waals surface area contributed by atoms with Crippen molar-refractivity contribution in [2.75, 3.05) is 10.0 Å². The maximum atomic E-state index is 6.36. The standard InChI is InChI=1S/C50H42N8O2/c1-33-27-39(21-25-47(33)59-41-11-7-5-8-12-41)57(49-43-29-37(17-15-35(3)51)19-23-45(43)53-31-55-49)58(40-22-26-48(34(2)28-40)60-42-13-9-6-10-14-42)50-44-30-38(18-16-36(4)52)20-24-46(44)54-32-56-50/h5-14,19-32,35-36H,51-52H2,1-4H3. The number of nitrogens with two attached hydrogens (primary N) is 2. The number of aryl methyl sites for hydroxylation is 2. The lowest BCUT2D eigenvalue weighted by atomic mass is 10.1. The zero-order chi connectivity index (χ0) is 41.6. The van der Waals surface area contributed by atoms with Gasteiger partial charge < -0.3 is 20.9 Å². The summed E-state index contributed by atoms with van der Waals surface area (Å²) in [6.45, 7) is 7.75. The van der Waals surface area contributed by atoms with E-state index in [1.807, 2.05) is 159 Å². The summed E-state index contributed by atoms with van der Waals surface area (Å²) >= 11 is 0. The predicted molar refractivity (Wildman–Crippen MR) is 240 cm³/mol. The van der Waals surface area contributed by atoms with E-state index in [0.717, 1.165) is 66.9 Å². The third kappa shape index (κ3) is 8.71. The lowest BCUT2D eigenvalue weighted by Gasteiger charge is -2.38. The molecule has 0 saturated heterocycles. The highest BCUT2D eigenvalue weighted by molar-refractivity contribution is 5.98. The Bertz CT molecular complexity index is 2750. The van der Waals surface area contributed by atoms with Crippen molar-refractivity contribution < 1.29 is 9.47 Å². The van der Waals surface area contributed by atoms with Gasteiger partial charge in [-0.1, -0.05) is 60.1 Å². The van der Waals surface area contributed by atoms with Crippen LogP contribution in [0.5, 0.6) is 23.0 Å². The molecule has 10 heteroatoms. The second-order valence-electron chi connectivity index (χ2n) is 14.3. The van der Waals surface area contributed by atoms with Crippen molar-refractivity contribution in [1.29, 1.82) is 0 Å². The summed E-state index contributed by atoms with van der Waals surface area (Å²) in [5, 5.41) is 5.59. The van der Waals surface area contributed by atoms with Crippen molar-refractivity contribution in [2.45, 2.75) is 39.8 Å². The molecule has 0 radical (unpaired) electrons. The smallest absolute Gasteiger partial charge is 0.163 e. The highest BCUT2D eigenvalue weighted by atomic mass is 16.5. The first-order valence-electron chi connectivity index (χ1n) is 19.5. The van der Waals surface area contributed by atoms with Gasteiger partial charge in [0, 0.05) is 21.9 Å². The maximum absolute atomic E-state index is 6.36. The van der Waals surface area contributed by atoms with Gasteiger partial charge in [-0.2, -0.15) is 0 Å². The Morgan fingerprint density at radius 1 is 0.500 bits per heavy atom. The van der Waals surface area contributed by atoms with Gasteiger partial charge in [-0.3, -0.25) is 0 Å². The number of hydrogen-bond donors (Lipinski definition) is 2.